The number of nitrogens with two attached hydrogens (primary N) is 2. The minimum Gasteiger partial charge on any atom is -0.382 e. The largest absolute Gasteiger partial charge is 0.382 e. The van der Waals surface area contributed by atoms with Crippen LogP contribution in [0.2, 0.25) is 0 Å². The third kappa shape index (κ3) is 1.21. The summed E-state index contributed by atoms with van der Waals surface area (Å²) in [6.07, 6.45) is 0. The van der Waals surface area contributed by atoms with Gasteiger partial charge in [0.1, 0.15) is 5.82 Å². The van der Waals surface area contributed by atoms with Crippen molar-refractivity contribution < 1.29 is 0 Å². The smallest absolute Gasteiger partial charge is 0.148 e. The van der Waals surface area contributed by atoms with Crippen LogP contribution in [0.15, 0.2) is 30.3 Å². The predicted molar refractivity (Wildman–Crippen MR) is 57.0 cm³/mol. The normalized spacial score (nSPS) is 10.4. The highest BCUT2D eigenvalue weighted by molar-refractivity contribution is 5.67. The molecule has 4 heteroatoms. The van der Waals surface area contributed by atoms with Crippen LogP contribution in [-0.4, -0.2) is 9.89 Å². The van der Waals surface area contributed by atoms with E-state index < -0.39 is 0 Å². The second-order valence-corrected chi connectivity index (χ2v) is 3.17. The van der Waals surface area contributed by atoms with Gasteiger partial charge < -0.3 is 11.6 Å². The molecule has 0 fully saturated rings. The maximum Gasteiger partial charge on any atom is 0.148 e. The molecule has 14 heavy (non-hydrogen) atoms. The fraction of sp³-hybridized carbons (Fsp3) is 0.100. The molecule has 2 rings (SSSR count). The van der Waals surface area contributed by atoms with Crippen LogP contribution in [0.5, 0.6) is 0 Å². The van der Waals surface area contributed by atoms with Gasteiger partial charge in [0.25, 0.3) is 0 Å². The van der Waals surface area contributed by atoms with Crippen molar-refractivity contribution in [1.29, 1.82) is 0 Å². The zero-order valence-corrected chi connectivity index (χ0v) is 7.94. The molecule has 0 radical (unpaired) electrons. The van der Waals surface area contributed by atoms with Gasteiger partial charge in [-0.25, -0.2) is 0 Å². The van der Waals surface area contributed by atoms with Crippen LogP contribution in [-0.2, 0) is 0 Å². The summed E-state index contributed by atoms with van der Waals surface area (Å²) in [5.41, 5.74) is 8.50. The van der Waals surface area contributed by atoms with Crippen molar-refractivity contribution >= 4 is 5.82 Å². The summed E-state index contributed by atoms with van der Waals surface area (Å²) < 4.78 is 0. The molecular weight excluding hydrogens is 176 g/mol. The molecule has 72 valence electrons. The summed E-state index contributed by atoms with van der Waals surface area (Å²) in [7, 11) is 0. The first-order chi connectivity index (χ1) is 6.70. The summed E-state index contributed by atoms with van der Waals surface area (Å²) in [6.45, 7) is 1.91. The molecule has 0 saturated heterocycles. The molecule has 0 aliphatic rings. The lowest BCUT2D eigenvalue weighted by Crippen LogP contribution is -2.13. The lowest BCUT2D eigenvalue weighted by molar-refractivity contribution is 0.847. The fourth-order valence-corrected chi connectivity index (χ4v) is 1.40. The quantitative estimate of drug-likeness (QED) is 0.659. The molecule has 1 aromatic heterocycles. The number of nitrogens with zero attached hydrogens (tertiary/aromatic N) is 2. The van der Waals surface area contributed by atoms with E-state index in [-0.39, 0.29) is 0 Å². The number of hydrogen-bond acceptors (Lipinski definition) is 3. The van der Waals surface area contributed by atoms with Crippen molar-refractivity contribution in [2.24, 2.45) is 0 Å². The molecule has 2 aromatic rings. The van der Waals surface area contributed by atoms with Gasteiger partial charge in [0.2, 0.25) is 0 Å². The summed E-state index contributed by atoms with van der Waals surface area (Å²) in [5.74, 6) is 6.06. The summed E-state index contributed by atoms with van der Waals surface area (Å²) in [5, 5.41) is 4.15. The van der Waals surface area contributed by atoms with Crippen LogP contribution >= 0.6 is 0 Å². The Bertz CT molecular complexity index is 445. The third-order valence-electron chi connectivity index (χ3n) is 2.24. The Balaban J connectivity index is 2.58. The first-order valence-electron chi connectivity index (χ1n) is 4.35. The Morgan fingerprint density at radius 3 is 2.36 bits per heavy atom. The van der Waals surface area contributed by atoms with Crippen molar-refractivity contribution in [1.82, 2.24) is 9.89 Å². The van der Waals surface area contributed by atoms with E-state index in [0.717, 1.165) is 16.8 Å². The molecule has 4 N–H and O–H groups in total. The minimum absolute atomic E-state index is 0.504. The van der Waals surface area contributed by atoms with Gasteiger partial charge in [-0.15, -0.1) is 0 Å². The molecule has 0 amide bonds. The van der Waals surface area contributed by atoms with Gasteiger partial charge >= 0.3 is 0 Å². The lowest BCUT2D eigenvalue weighted by atomic mass is 10.1. The molecule has 0 aliphatic carbocycles. The van der Waals surface area contributed by atoms with Gasteiger partial charge in [-0.1, -0.05) is 30.3 Å². The second kappa shape index (κ2) is 3.06. The second-order valence-electron chi connectivity index (χ2n) is 3.17. The van der Waals surface area contributed by atoms with Gasteiger partial charge in [-0.3, -0.25) is 0 Å². The van der Waals surface area contributed by atoms with E-state index in [1.165, 1.54) is 4.79 Å². The molecule has 1 heterocycles. The lowest BCUT2D eigenvalue weighted by Gasteiger charge is -1.96. The van der Waals surface area contributed by atoms with E-state index in [4.69, 9.17) is 11.6 Å². The van der Waals surface area contributed by atoms with E-state index in [0.29, 0.717) is 5.82 Å². The Labute approximate surface area is 82.1 Å². The van der Waals surface area contributed by atoms with Crippen molar-refractivity contribution in [3.63, 3.8) is 0 Å². The predicted octanol–water partition coefficient (Wildman–Crippen LogP) is 1.15. The van der Waals surface area contributed by atoms with Crippen LogP contribution in [0.3, 0.4) is 0 Å². The van der Waals surface area contributed by atoms with E-state index in [9.17, 15) is 0 Å². The average molecular weight is 188 g/mol. The fourth-order valence-electron chi connectivity index (χ4n) is 1.40. The van der Waals surface area contributed by atoms with Gasteiger partial charge in [-0.05, 0) is 6.92 Å². The Kier molecular flexibility index (Phi) is 1.89. The van der Waals surface area contributed by atoms with Crippen molar-refractivity contribution in [3.8, 4) is 11.3 Å². The summed E-state index contributed by atoms with van der Waals surface area (Å²) in [4.78, 5) is 1.21. The number of hydrogen-bond donors (Lipinski definition) is 2. The number of anilines is 1. The minimum atomic E-state index is 0.504. The van der Waals surface area contributed by atoms with Crippen molar-refractivity contribution in [3.05, 3.63) is 35.9 Å². The number of nitrogen functional groups attached to an aromatic ring is 2. The zero-order chi connectivity index (χ0) is 10.1. The third-order valence-corrected chi connectivity index (χ3v) is 2.24. The van der Waals surface area contributed by atoms with E-state index in [1.54, 1.807) is 0 Å². The molecule has 0 bridgehead atoms. The Morgan fingerprint density at radius 2 is 1.86 bits per heavy atom. The molecule has 0 spiro atoms. The van der Waals surface area contributed by atoms with Crippen LogP contribution in [0, 0.1) is 6.92 Å². The highest BCUT2D eigenvalue weighted by Crippen LogP contribution is 2.24. The first-order valence-corrected chi connectivity index (χ1v) is 4.35. The molecule has 1 aromatic carbocycles. The SMILES string of the molecule is Cc1c(-c2ccccc2)nn(N)c1N. The standard InChI is InChI=1S/C10H12N4/c1-7-9(13-14(12)10(7)11)8-5-3-2-4-6-8/h2-6H,11-12H2,1H3. The number of rotatable bonds is 1. The highest BCUT2D eigenvalue weighted by atomic mass is 15.5. The van der Waals surface area contributed by atoms with E-state index in [2.05, 4.69) is 5.10 Å². The molecule has 4 nitrogen and oxygen atoms in total. The van der Waals surface area contributed by atoms with E-state index >= 15 is 0 Å². The number of aromatic nitrogens is 2. The monoisotopic (exact) mass is 188 g/mol. The zero-order valence-electron chi connectivity index (χ0n) is 7.94. The topological polar surface area (TPSA) is 69.9 Å². The van der Waals surface area contributed by atoms with Crippen LogP contribution in [0.25, 0.3) is 11.3 Å². The van der Waals surface area contributed by atoms with Gasteiger partial charge in [0.05, 0.1) is 5.69 Å². The van der Waals surface area contributed by atoms with Crippen molar-refractivity contribution in [2.45, 2.75) is 6.92 Å². The Hall–Kier alpha value is -1.97. The average Bonchev–Trinajstić information content (AvgIpc) is 2.47. The van der Waals surface area contributed by atoms with Gasteiger partial charge in [-0.2, -0.15) is 9.89 Å². The van der Waals surface area contributed by atoms with E-state index in [1.807, 2.05) is 37.3 Å². The van der Waals surface area contributed by atoms with Crippen LogP contribution in [0.4, 0.5) is 5.82 Å². The molecule has 0 aliphatic heterocycles. The van der Waals surface area contributed by atoms with Gasteiger partial charge in [0.15, 0.2) is 0 Å². The molecule has 0 saturated carbocycles. The molecule has 0 unspecified atom stereocenters. The summed E-state index contributed by atoms with van der Waals surface area (Å²) >= 11 is 0. The molecule has 0 atom stereocenters. The van der Waals surface area contributed by atoms with Gasteiger partial charge in [0, 0.05) is 11.1 Å². The maximum absolute atomic E-state index is 5.72. The Morgan fingerprint density at radius 1 is 1.21 bits per heavy atom. The summed E-state index contributed by atoms with van der Waals surface area (Å²) in [6, 6.07) is 9.84. The highest BCUT2D eigenvalue weighted by Gasteiger charge is 2.10. The maximum atomic E-state index is 5.72. The number of benzene rings is 1. The van der Waals surface area contributed by atoms with Crippen molar-refractivity contribution in [2.75, 3.05) is 11.6 Å². The van der Waals surface area contributed by atoms with Crippen LogP contribution in [0.1, 0.15) is 5.56 Å². The first kappa shape index (κ1) is 8.62. The molecular formula is C10H12N4. The van der Waals surface area contributed by atoms with Crippen LogP contribution < -0.4 is 11.6 Å².